The first-order chi connectivity index (χ1) is 6.31. The summed E-state index contributed by atoms with van der Waals surface area (Å²) in [6, 6.07) is 12.3. The van der Waals surface area contributed by atoms with Gasteiger partial charge in [-0.2, -0.15) is 0 Å². The highest BCUT2D eigenvalue weighted by atomic mass is 35.5. The molecule has 66 valence electrons. The minimum Gasteiger partial charge on any atom is -0.129 e. The van der Waals surface area contributed by atoms with Crippen LogP contribution in [-0.2, 0) is 0 Å². The molecule has 0 heterocycles. The Kier molecular flexibility index (Phi) is 2.47. The van der Waals surface area contributed by atoms with Crippen molar-refractivity contribution in [2.24, 2.45) is 0 Å². The van der Waals surface area contributed by atoms with Gasteiger partial charge < -0.3 is 0 Å². The highest BCUT2D eigenvalue weighted by Crippen LogP contribution is 2.28. The van der Waals surface area contributed by atoms with Crippen LogP contribution in [0.15, 0.2) is 41.3 Å². The van der Waals surface area contributed by atoms with Crippen molar-refractivity contribution in [3.63, 3.8) is 0 Å². The molecule has 0 aliphatic rings. The second-order valence-corrected chi connectivity index (χ2v) is 4.11. The molecular formula is C11H9ClS. The van der Waals surface area contributed by atoms with Gasteiger partial charge in [0.05, 0.1) is 0 Å². The van der Waals surface area contributed by atoms with Crippen LogP contribution in [0.2, 0.25) is 5.02 Å². The summed E-state index contributed by atoms with van der Waals surface area (Å²) < 4.78 is 0. The zero-order valence-corrected chi connectivity index (χ0v) is 8.82. The van der Waals surface area contributed by atoms with Crippen LogP contribution in [-0.4, -0.2) is 6.26 Å². The summed E-state index contributed by atoms with van der Waals surface area (Å²) >= 11 is 7.69. The molecule has 0 aliphatic carbocycles. The van der Waals surface area contributed by atoms with Gasteiger partial charge in [-0.05, 0) is 35.2 Å². The van der Waals surface area contributed by atoms with Crippen molar-refractivity contribution in [1.82, 2.24) is 0 Å². The van der Waals surface area contributed by atoms with Crippen LogP contribution in [0.25, 0.3) is 10.8 Å². The molecule has 0 saturated carbocycles. The van der Waals surface area contributed by atoms with Crippen LogP contribution in [0.1, 0.15) is 0 Å². The van der Waals surface area contributed by atoms with E-state index in [0.717, 1.165) is 5.02 Å². The minimum absolute atomic E-state index is 0.800. The average molecular weight is 209 g/mol. The number of halogens is 1. The Hall–Kier alpha value is -0.660. The predicted molar refractivity (Wildman–Crippen MR) is 60.7 cm³/mol. The van der Waals surface area contributed by atoms with Crippen molar-refractivity contribution in [2.45, 2.75) is 4.90 Å². The van der Waals surface area contributed by atoms with Crippen LogP contribution < -0.4 is 0 Å². The number of thioether (sulfide) groups is 1. The lowest BCUT2D eigenvalue weighted by Crippen LogP contribution is -1.76. The van der Waals surface area contributed by atoms with E-state index in [9.17, 15) is 0 Å². The summed E-state index contributed by atoms with van der Waals surface area (Å²) in [6.07, 6.45) is 2.08. The summed E-state index contributed by atoms with van der Waals surface area (Å²) in [5.74, 6) is 0. The predicted octanol–water partition coefficient (Wildman–Crippen LogP) is 4.22. The first-order valence-corrected chi connectivity index (χ1v) is 5.64. The molecule has 0 unspecified atom stereocenters. The molecule has 0 aliphatic heterocycles. The second-order valence-electron chi connectivity index (χ2n) is 2.83. The highest BCUT2D eigenvalue weighted by molar-refractivity contribution is 7.98. The second kappa shape index (κ2) is 3.60. The van der Waals surface area contributed by atoms with Crippen molar-refractivity contribution in [2.75, 3.05) is 6.26 Å². The van der Waals surface area contributed by atoms with E-state index in [2.05, 4.69) is 30.5 Å². The van der Waals surface area contributed by atoms with Gasteiger partial charge in [0, 0.05) is 9.92 Å². The molecule has 0 spiro atoms. The van der Waals surface area contributed by atoms with E-state index in [1.807, 2.05) is 12.1 Å². The lowest BCUT2D eigenvalue weighted by atomic mass is 10.1. The maximum absolute atomic E-state index is 5.94. The molecular weight excluding hydrogens is 200 g/mol. The van der Waals surface area contributed by atoms with E-state index in [1.165, 1.54) is 15.7 Å². The van der Waals surface area contributed by atoms with Gasteiger partial charge in [-0.1, -0.05) is 29.8 Å². The lowest BCUT2D eigenvalue weighted by Gasteiger charge is -2.03. The molecule has 0 radical (unpaired) electrons. The zero-order valence-electron chi connectivity index (χ0n) is 7.25. The number of benzene rings is 2. The van der Waals surface area contributed by atoms with E-state index in [1.54, 1.807) is 11.8 Å². The molecule has 0 aromatic heterocycles. The molecule has 0 bridgehead atoms. The van der Waals surface area contributed by atoms with E-state index >= 15 is 0 Å². The standard InChI is InChI=1S/C11H9ClS/c1-13-11-4-2-3-8-5-6-9(12)7-10(8)11/h2-7H,1H3. The van der Waals surface area contributed by atoms with Gasteiger partial charge in [0.1, 0.15) is 0 Å². The molecule has 0 atom stereocenters. The molecule has 13 heavy (non-hydrogen) atoms. The van der Waals surface area contributed by atoms with Crippen LogP contribution in [0.3, 0.4) is 0 Å². The molecule has 2 rings (SSSR count). The van der Waals surface area contributed by atoms with Crippen molar-refractivity contribution in [1.29, 1.82) is 0 Å². The summed E-state index contributed by atoms with van der Waals surface area (Å²) in [4.78, 5) is 1.28. The Morgan fingerprint density at radius 3 is 2.77 bits per heavy atom. The normalized spacial score (nSPS) is 10.6. The number of hydrogen-bond donors (Lipinski definition) is 0. The Labute approximate surface area is 86.9 Å². The Bertz CT molecular complexity index is 437. The fourth-order valence-electron chi connectivity index (χ4n) is 1.39. The topological polar surface area (TPSA) is 0 Å². The van der Waals surface area contributed by atoms with Gasteiger partial charge in [0.25, 0.3) is 0 Å². The maximum atomic E-state index is 5.94. The first kappa shape index (κ1) is 8.92. The van der Waals surface area contributed by atoms with E-state index < -0.39 is 0 Å². The fourth-order valence-corrected chi connectivity index (χ4v) is 2.18. The molecule has 0 amide bonds. The molecule has 0 N–H and O–H groups in total. The molecule has 0 fully saturated rings. The molecule has 0 nitrogen and oxygen atoms in total. The van der Waals surface area contributed by atoms with Gasteiger partial charge in [-0.25, -0.2) is 0 Å². The van der Waals surface area contributed by atoms with Gasteiger partial charge in [-0.15, -0.1) is 11.8 Å². The number of fused-ring (bicyclic) bond motifs is 1. The third kappa shape index (κ3) is 1.67. The van der Waals surface area contributed by atoms with Crippen LogP contribution in [0, 0.1) is 0 Å². The van der Waals surface area contributed by atoms with Gasteiger partial charge in [0.15, 0.2) is 0 Å². The van der Waals surface area contributed by atoms with Crippen molar-refractivity contribution in [3.8, 4) is 0 Å². The summed E-state index contributed by atoms with van der Waals surface area (Å²) in [7, 11) is 0. The summed E-state index contributed by atoms with van der Waals surface area (Å²) in [5.41, 5.74) is 0. The molecule has 0 saturated heterocycles. The van der Waals surface area contributed by atoms with Gasteiger partial charge >= 0.3 is 0 Å². The Morgan fingerprint density at radius 1 is 1.15 bits per heavy atom. The summed E-state index contributed by atoms with van der Waals surface area (Å²) in [5, 5.41) is 3.28. The smallest absolute Gasteiger partial charge is 0.0412 e. The van der Waals surface area contributed by atoms with E-state index in [4.69, 9.17) is 11.6 Å². The number of rotatable bonds is 1. The lowest BCUT2D eigenvalue weighted by molar-refractivity contribution is 1.55. The molecule has 2 aromatic carbocycles. The third-order valence-electron chi connectivity index (χ3n) is 2.02. The highest BCUT2D eigenvalue weighted by Gasteiger charge is 1.99. The average Bonchev–Trinajstić information content (AvgIpc) is 2.17. The van der Waals surface area contributed by atoms with Gasteiger partial charge in [0.2, 0.25) is 0 Å². The van der Waals surface area contributed by atoms with Crippen molar-refractivity contribution in [3.05, 3.63) is 41.4 Å². The Morgan fingerprint density at radius 2 is 2.00 bits per heavy atom. The zero-order chi connectivity index (χ0) is 9.26. The van der Waals surface area contributed by atoms with Crippen LogP contribution in [0.5, 0.6) is 0 Å². The fraction of sp³-hybridized carbons (Fsp3) is 0.0909. The summed E-state index contributed by atoms with van der Waals surface area (Å²) in [6.45, 7) is 0. The van der Waals surface area contributed by atoms with Gasteiger partial charge in [-0.3, -0.25) is 0 Å². The maximum Gasteiger partial charge on any atom is 0.0412 e. The Balaban J connectivity index is 2.79. The SMILES string of the molecule is CSc1cccc2ccc(Cl)cc12. The monoisotopic (exact) mass is 208 g/mol. The third-order valence-corrected chi connectivity index (χ3v) is 3.06. The van der Waals surface area contributed by atoms with E-state index in [0.29, 0.717) is 0 Å². The van der Waals surface area contributed by atoms with Crippen LogP contribution >= 0.6 is 23.4 Å². The minimum atomic E-state index is 0.800. The van der Waals surface area contributed by atoms with Crippen molar-refractivity contribution < 1.29 is 0 Å². The van der Waals surface area contributed by atoms with E-state index in [-0.39, 0.29) is 0 Å². The molecule has 2 aromatic rings. The first-order valence-electron chi connectivity index (χ1n) is 4.03. The van der Waals surface area contributed by atoms with Crippen LogP contribution in [0.4, 0.5) is 0 Å². The number of hydrogen-bond acceptors (Lipinski definition) is 1. The molecule has 2 heteroatoms. The largest absolute Gasteiger partial charge is 0.129 e. The van der Waals surface area contributed by atoms with Crippen molar-refractivity contribution >= 4 is 34.1 Å². The quantitative estimate of drug-likeness (QED) is 0.633.